The van der Waals surface area contributed by atoms with Crippen LogP contribution in [0.25, 0.3) is 11.6 Å². The van der Waals surface area contributed by atoms with Crippen molar-refractivity contribution < 1.29 is 0 Å². The maximum absolute atomic E-state index is 4.55. The van der Waals surface area contributed by atoms with E-state index in [1.807, 2.05) is 12.3 Å². The Morgan fingerprint density at radius 2 is 1.96 bits per heavy atom. The van der Waals surface area contributed by atoms with E-state index in [1.165, 1.54) is 28.1 Å². The molecule has 0 N–H and O–H groups in total. The molecule has 26 heavy (non-hydrogen) atoms. The normalized spacial score (nSPS) is 19.4. The van der Waals surface area contributed by atoms with Gasteiger partial charge in [0.1, 0.15) is 0 Å². The zero-order valence-corrected chi connectivity index (χ0v) is 15.3. The Morgan fingerprint density at radius 1 is 1.15 bits per heavy atom. The van der Waals surface area contributed by atoms with E-state index in [0.717, 1.165) is 35.4 Å². The summed E-state index contributed by atoms with van der Waals surface area (Å²) < 4.78 is 0. The standard InChI is InChI=1S/C24H22N2/c1-5-19-22-15(2)16-9-8-11-18-23(16)26(21(22)13-14-25-19)20-12-7-6-10-17(20)24(18,3)4/h5-7,10-14H,1-2,8-9H2,3-4H3. The quantitative estimate of drug-likeness (QED) is 0.619. The van der Waals surface area contributed by atoms with Gasteiger partial charge in [-0.3, -0.25) is 4.98 Å². The second kappa shape index (κ2) is 5.07. The highest BCUT2D eigenvalue weighted by molar-refractivity contribution is 5.99. The Labute approximate surface area is 154 Å². The molecule has 3 aliphatic rings. The van der Waals surface area contributed by atoms with Crippen LogP contribution in [0.4, 0.5) is 11.4 Å². The van der Waals surface area contributed by atoms with Gasteiger partial charge in [0.25, 0.3) is 0 Å². The number of hydrogen-bond donors (Lipinski definition) is 0. The van der Waals surface area contributed by atoms with Gasteiger partial charge < -0.3 is 4.90 Å². The van der Waals surface area contributed by atoms with Gasteiger partial charge in [-0.25, -0.2) is 0 Å². The van der Waals surface area contributed by atoms with E-state index in [2.05, 4.69) is 73.3 Å². The van der Waals surface area contributed by atoms with Crippen LogP contribution in [0, 0.1) is 0 Å². The van der Waals surface area contributed by atoms with Crippen LogP contribution >= 0.6 is 0 Å². The summed E-state index contributed by atoms with van der Waals surface area (Å²) in [4.78, 5) is 6.98. The van der Waals surface area contributed by atoms with E-state index in [0.29, 0.717) is 0 Å². The Bertz CT molecular complexity index is 1050. The molecule has 5 rings (SSSR count). The van der Waals surface area contributed by atoms with E-state index < -0.39 is 0 Å². The predicted octanol–water partition coefficient (Wildman–Crippen LogP) is 6.16. The lowest BCUT2D eigenvalue weighted by Gasteiger charge is -2.49. The van der Waals surface area contributed by atoms with E-state index in [-0.39, 0.29) is 5.41 Å². The van der Waals surface area contributed by atoms with Crippen LogP contribution in [0.15, 0.2) is 72.6 Å². The van der Waals surface area contributed by atoms with E-state index in [4.69, 9.17) is 0 Å². The number of para-hydroxylation sites is 1. The summed E-state index contributed by atoms with van der Waals surface area (Å²) in [6.07, 6.45) is 8.23. The molecule has 0 amide bonds. The lowest BCUT2D eigenvalue weighted by atomic mass is 9.67. The molecule has 0 saturated heterocycles. The fraction of sp³-hybridized carbons (Fsp3) is 0.208. The number of allylic oxidation sites excluding steroid dienone is 4. The molecule has 0 bridgehead atoms. The van der Waals surface area contributed by atoms with E-state index >= 15 is 0 Å². The lowest BCUT2D eigenvalue weighted by molar-refractivity contribution is 0.599. The molecule has 2 nitrogen and oxygen atoms in total. The number of benzene rings is 1. The van der Waals surface area contributed by atoms with Gasteiger partial charge in [0.05, 0.1) is 22.8 Å². The molecule has 0 atom stereocenters. The average molecular weight is 338 g/mol. The maximum Gasteiger partial charge on any atom is 0.0723 e. The second-order valence-electron chi connectivity index (χ2n) is 7.73. The lowest BCUT2D eigenvalue weighted by Crippen LogP contribution is -2.39. The monoisotopic (exact) mass is 338 g/mol. The molecule has 1 aromatic heterocycles. The first kappa shape index (κ1) is 15.4. The first-order valence-electron chi connectivity index (χ1n) is 9.20. The molecule has 0 fully saturated rings. The van der Waals surface area contributed by atoms with Gasteiger partial charge in [-0.1, -0.05) is 51.3 Å². The molecular weight excluding hydrogens is 316 g/mol. The summed E-state index contributed by atoms with van der Waals surface area (Å²) in [6.45, 7) is 13.1. The van der Waals surface area contributed by atoms with Crippen molar-refractivity contribution in [2.24, 2.45) is 0 Å². The molecule has 0 unspecified atom stereocenters. The third-order valence-electron chi connectivity index (χ3n) is 6.06. The minimum Gasteiger partial charge on any atom is -0.309 e. The molecule has 0 spiro atoms. The Hall–Kier alpha value is -2.87. The SMILES string of the molecule is C=Cc1nccc2c1C(=C)C1=C3C(=CCC1)C(C)(C)c1ccccc1N32. The third-order valence-corrected chi connectivity index (χ3v) is 6.06. The molecule has 2 heteroatoms. The van der Waals surface area contributed by atoms with Gasteiger partial charge >= 0.3 is 0 Å². The van der Waals surface area contributed by atoms with E-state index in [9.17, 15) is 0 Å². The summed E-state index contributed by atoms with van der Waals surface area (Å²) in [7, 11) is 0. The van der Waals surface area contributed by atoms with Gasteiger partial charge in [-0.05, 0) is 53.3 Å². The molecule has 0 saturated carbocycles. The molecule has 1 aromatic carbocycles. The molecule has 2 aliphatic heterocycles. The fourth-order valence-corrected chi connectivity index (χ4v) is 4.82. The van der Waals surface area contributed by atoms with Crippen LogP contribution in [0.3, 0.4) is 0 Å². The van der Waals surface area contributed by atoms with Crippen molar-refractivity contribution in [1.29, 1.82) is 0 Å². The highest BCUT2D eigenvalue weighted by Crippen LogP contribution is 2.58. The number of pyridine rings is 1. The maximum atomic E-state index is 4.55. The molecule has 3 heterocycles. The van der Waals surface area contributed by atoms with Crippen molar-refractivity contribution in [3.05, 3.63) is 89.4 Å². The van der Waals surface area contributed by atoms with Crippen molar-refractivity contribution in [1.82, 2.24) is 4.98 Å². The second-order valence-corrected chi connectivity index (χ2v) is 7.73. The van der Waals surface area contributed by atoms with Crippen LogP contribution in [-0.4, -0.2) is 4.98 Å². The first-order chi connectivity index (χ1) is 12.6. The topological polar surface area (TPSA) is 16.1 Å². The Balaban J connectivity index is 1.93. The van der Waals surface area contributed by atoms with Crippen LogP contribution in [0.5, 0.6) is 0 Å². The molecule has 1 aliphatic carbocycles. The molecule has 128 valence electrons. The van der Waals surface area contributed by atoms with Gasteiger partial charge in [-0.2, -0.15) is 0 Å². The smallest absolute Gasteiger partial charge is 0.0723 e. The van der Waals surface area contributed by atoms with Crippen molar-refractivity contribution >= 4 is 23.0 Å². The fourth-order valence-electron chi connectivity index (χ4n) is 4.82. The number of hydrogen-bond acceptors (Lipinski definition) is 2. The van der Waals surface area contributed by atoms with Crippen LogP contribution in [0.2, 0.25) is 0 Å². The van der Waals surface area contributed by atoms with Crippen molar-refractivity contribution in [2.45, 2.75) is 32.1 Å². The molecular formula is C24H22N2. The van der Waals surface area contributed by atoms with Crippen LogP contribution in [-0.2, 0) is 5.41 Å². The van der Waals surface area contributed by atoms with E-state index in [1.54, 1.807) is 0 Å². The number of aromatic nitrogens is 1. The molecule has 0 radical (unpaired) electrons. The number of nitrogens with zero attached hydrogens (tertiary/aromatic N) is 2. The summed E-state index contributed by atoms with van der Waals surface area (Å²) in [5.41, 5.74) is 11.0. The molecule has 2 aromatic rings. The van der Waals surface area contributed by atoms with Crippen molar-refractivity contribution in [3.63, 3.8) is 0 Å². The predicted molar refractivity (Wildman–Crippen MR) is 109 cm³/mol. The summed E-state index contributed by atoms with van der Waals surface area (Å²) in [5.74, 6) is 0. The minimum atomic E-state index is -0.0137. The highest BCUT2D eigenvalue weighted by Gasteiger charge is 2.44. The largest absolute Gasteiger partial charge is 0.309 e. The van der Waals surface area contributed by atoms with Gasteiger partial charge in [0.2, 0.25) is 0 Å². The number of anilines is 2. The first-order valence-corrected chi connectivity index (χ1v) is 9.20. The van der Waals surface area contributed by atoms with Gasteiger partial charge in [-0.15, -0.1) is 0 Å². The number of rotatable bonds is 1. The zero-order valence-electron chi connectivity index (χ0n) is 15.3. The van der Waals surface area contributed by atoms with Crippen LogP contribution in [0.1, 0.15) is 43.5 Å². The summed E-state index contributed by atoms with van der Waals surface area (Å²) in [5, 5.41) is 0. The third kappa shape index (κ3) is 1.74. The highest BCUT2D eigenvalue weighted by atomic mass is 15.2. The number of fused-ring (bicyclic) bond motifs is 4. The zero-order chi connectivity index (χ0) is 18.1. The van der Waals surface area contributed by atoms with Crippen molar-refractivity contribution in [3.8, 4) is 0 Å². The average Bonchev–Trinajstić information content (AvgIpc) is 2.67. The van der Waals surface area contributed by atoms with Gasteiger partial charge in [0, 0.05) is 17.2 Å². The minimum absolute atomic E-state index is 0.0137. The summed E-state index contributed by atoms with van der Waals surface area (Å²) >= 11 is 0. The van der Waals surface area contributed by atoms with Crippen molar-refractivity contribution in [2.75, 3.05) is 4.90 Å². The van der Waals surface area contributed by atoms with Crippen LogP contribution < -0.4 is 4.90 Å². The Morgan fingerprint density at radius 3 is 2.77 bits per heavy atom. The Kier molecular flexibility index (Phi) is 3.00. The summed E-state index contributed by atoms with van der Waals surface area (Å²) in [6, 6.07) is 10.9. The van der Waals surface area contributed by atoms with Gasteiger partial charge in [0.15, 0.2) is 0 Å².